The van der Waals surface area contributed by atoms with E-state index in [0.717, 1.165) is 23.3 Å². The van der Waals surface area contributed by atoms with E-state index in [-0.39, 0.29) is 11.7 Å². The number of rotatable bonds is 4. The van der Waals surface area contributed by atoms with Crippen LogP contribution in [0, 0.1) is 5.82 Å². The van der Waals surface area contributed by atoms with E-state index in [0.29, 0.717) is 6.04 Å². The second-order valence-corrected chi connectivity index (χ2v) is 4.47. The maximum absolute atomic E-state index is 13.1. The summed E-state index contributed by atoms with van der Waals surface area (Å²) in [6.07, 6.45) is 0. The Balaban J connectivity index is 2.29. The lowest BCUT2D eigenvalue weighted by atomic mass is 10.0. The van der Waals surface area contributed by atoms with E-state index in [1.165, 1.54) is 12.1 Å². The summed E-state index contributed by atoms with van der Waals surface area (Å²) in [6, 6.07) is 6.88. The molecule has 2 rings (SSSR count). The van der Waals surface area contributed by atoms with Crippen molar-refractivity contribution in [3.63, 3.8) is 0 Å². The fourth-order valence-electron chi connectivity index (χ4n) is 2.00. The predicted octanol–water partition coefficient (Wildman–Crippen LogP) is 3.67. The number of nitrogens with one attached hydrogen (secondary N) is 1. The van der Waals surface area contributed by atoms with Gasteiger partial charge in [-0.25, -0.2) is 4.39 Å². The van der Waals surface area contributed by atoms with Crippen molar-refractivity contribution in [3.05, 3.63) is 35.8 Å². The summed E-state index contributed by atoms with van der Waals surface area (Å²) < 4.78 is 18.8. The third kappa shape index (κ3) is 2.50. The van der Waals surface area contributed by atoms with Crippen LogP contribution in [0.1, 0.15) is 32.4 Å². The van der Waals surface area contributed by atoms with Crippen LogP contribution in [0.15, 0.2) is 28.7 Å². The molecule has 0 amide bonds. The van der Waals surface area contributed by atoms with Gasteiger partial charge in [0.2, 0.25) is 0 Å². The molecule has 1 aromatic carbocycles. The van der Waals surface area contributed by atoms with E-state index in [1.54, 1.807) is 6.07 Å². The molecule has 92 valence electrons. The van der Waals surface area contributed by atoms with Gasteiger partial charge in [0.15, 0.2) is 0 Å². The van der Waals surface area contributed by atoms with Crippen LogP contribution in [0.2, 0.25) is 0 Å². The van der Waals surface area contributed by atoms with Crippen molar-refractivity contribution >= 4 is 11.0 Å². The number of hydrogen-bond donors (Lipinski definition) is 1. The minimum Gasteiger partial charge on any atom is -0.461 e. The van der Waals surface area contributed by atoms with Gasteiger partial charge in [-0.05, 0) is 37.7 Å². The maximum Gasteiger partial charge on any atom is 0.134 e. The van der Waals surface area contributed by atoms with E-state index < -0.39 is 0 Å². The monoisotopic (exact) mass is 235 g/mol. The van der Waals surface area contributed by atoms with Gasteiger partial charge in [0.05, 0.1) is 0 Å². The summed E-state index contributed by atoms with van der Waals surface area (Å²) in [5, 5.41) is 4.19. The van der Waals surface area contributed by atoms with Crippen molar-refractivity contribution in [2.75, 3.05) is 6.54 Å². The zero-order chi connectivity index (χ0) is 12.4. The quantitative estimate of drug-likeness (QED) is 0.874. The Kier molecular flexibility index (Phi) is 3.48. The summed E-state index contributed by atoms with van der Waals surface area (Å²) in [5.74, 6) is 0.946. The molecule has 3 heteroatoms. The van der Waals surface area contributed by atoms with Gasteiger partial charge >= 0.3 is 0 Å². The highest BCUT2D eigenvalue weighted by Crippen LogP contribution is 2.27. The Morgan fingerprint density at radius 3 is 2.76 bits per heavy atom. The molecular weight excluding hydrogens is 217 g/mol. The van der Waals surface area contributed by atoms with Crippen molar-refractivity contribution in [1.29, 1.82) is 0 Å². The zero-order valence-electron chi connectivity index (χ0n) is 10.5. The second kappa shape index (κ2) is 4.88. The topological polar surface area (TPSA) is 25.2 Å². The fraction of sp³-hybridized carbons (Fsp3) is 0.429. The van der Waals surface area contributed by atoms with Gasteiger partial charge in [-0.3, -0.25) is 0 Å². The lowest BCUT2D eigenvalue weighted by Crippen LogP contribution is -2.30. The average Bonchev–Trinajstić information content (AvgIpc) is 2.71. The first-order chi connectivity index (χ1) is 8.11. The number of hydrogen-bond acceptors (Lipinski definition) is 2. The smallest absolute Gasteiger partial charge is 0.134 e. The highest BCUT2D eigenvalue weighted by Gasteiger charge is 2.17. The van der Waals surface area contributed by atoms with Crippen molar-refractivity contribution < 1.29 is 8.81 Å². The molecule has 0 saturated heterocycles. The van der Waals surface area contributed by atoms with Gasteiger partial charge < -0.3 is 9.73 Å². The molecular formula is C14H18FNO. The van der Waals surface area contributed by atoms with Gasteiger partial charge in [-0.2, -0.15) is 0 Å². The number of halogens is 1. The van der Waals surface area contributed by atoms with E-state index in [4.69, 9.17) is 4.42 Å². The zero-order valence-corrected chi connectivity index (χ0v) is 10.5. The number of fused-ring (bicyclic) bond motifs is 1. The SMILES string of the molecule is CCNC(C)C(C)c1cc2cc(F)ccc2o1. The van der Waals surface area contributed by atoms with E-state index in [1.807, 2.05) is 6.07 Å². The third-order valence-electron chi connectivity index (χ3n) is 3.22. The Morgan fingerprint density at radius 2 is 2.06 bits per heavy atom. The molecule has 0 saturated carbocycles. The maximum atomic E-state index is 13.1. The van der Waals surface area contributed by atoms with Gasteiger partial charge in [-0.1, -0.05) is 13.8 Å². The van der Waals surface area contributed by atoms with E-state index in [2.05, 4.69) is 26.1 Å². The molecule has 0 fully saturated rings. The van der Waals surface area contributed by atoms with Crippen molar-refractivity contribution in [2.24, 2.45) is 0 Å². The normalized spacial score (nSPS) is 15.1. The van der Waals surface area contributed by atoms with Gasteiger partial charge in [0.25, 0.3) is 0 Å². The molecule has 0 spiro atoms. The summed E-state index contributed by atoms with van der Waals surface area (Å²) in [7, 11) is 0. The summed E-state index contributed by atoms with van der Waals surface area (Å²) in [5.41, 5.74) is 0.747. The standard InChI is InChI=1S/C14H18FNO/c1-4-16-10(3)9(2)14-8-11-7-12(15)5-6-13(11)17-14/h5-10,16H,4H2,1-3H3. The van der Waals surface area contributed by atoms with Gasteiger partial charge in [-0.15, -0.1) is 0 Å². The van der Waals surface area contributed by atoms with Crippen LogP contribution in [0.5, 0.6) is 0 Å². The molecule has 0 aliphatic carbocycles. The molecule has 1 heterocycles. The summed E-state index contributed by atoms with van der Waals surface area (Å²) in [6.45, 7) is 7.25. The van der Waals surface area contributed by atoms with Crippen LogP contribution < -0.4 is 5.32 Å². The number of furan rings is 1. The number of benzene rings is 1. The van der Waals surface area contributed by atoms with Gasteiger partial charge in [0.1, 0.15) is 17.2 Å². The molecule has 0 aliphatic heterocycles. The highest BCUT2D eigenvalue weighted by molar-refractivity contribution is 5.78. The number of likely N-dealkylation sites (N-methyl/N-ethyl adjacent to an activating group) is 1. The molecule has 1 aromatic heterocycles. The molecule has 17 heavy (non-hydrogen) atoms. The summed E-state index contributed by atoms with van der Waals surface area (Å²) in [4.78, 5) is 0. The lowest BCUT2D eigenvalue weighted by molar-refractivity contribution is 0.422. The molecule has 2 unspecified atom stereocenters. The first-order valence-electron chi connectivity index (χ1n) is 6.04. The van der Waals surface area contributed by atoms with Crippen LogP contribution in [0.3, 0.4) is 0 Å². The van der Waals surface area contributed by atoms with E-state index >= 15 is 0 Å². The molecule has 0 aliphatic rings. The highest BCUT2D eigenvalue weighted by atomic mass is 19.1. The molecule has 1 N–H and O–H groups in total. The van der Waals surface area contributed by atoms with Crippen molar-refractivity contribution in [3.8, 4) is 0 Å². The van der Waals surface area contributed by atoms with Crippen LogP contribution in [-0.4, -0.2) is 12.6 Å². The summed E-state index contributed by atoms with van der Waals surface area (Å²) >= 11 is 0. The molecule has 0 bridgehead atoms. The molecule has 2 nitrogen and oxygen atoms in total. The predicted molar refractivity (Wildman–Crippen MR) is 67.7 cm³/mol. The largest absolute Gasteiger partial charge is 0.461 e. The second-order valence-electron chi connectivity index (χ2n) is 4.47. The Morgan fingerprint density at radius 1 is 1.29 bits per heavy atom. The minimum atomic E-state index is -0.225. The average molecular weight is 235 g/mol. The Hall–Kier alpha value is -1.35. The Bertz CT molecular complexity index is 506. The van der Waals surface area contributed by atoms with E-state index in [9.17, 15) is 4.39 Å². The first kappa shape index (κ1) is 12.1. The molecule has 0 radical (unpaired) electrons. The van der Waals surface area contributed by atoms with Crippen LogP contribution in [-0.2, 0) is 0 Å². The molecule has 2 atom stereocenters. The molecule has 2 aromatic rings. The third-order valence-corrected chi connectivity index (χ3v) is 3.22. The Labute approximate surface area is 101 Å². The first-order valence-corrected chi connectivity index (χ1v) is 6.04. The van der Waals surface area contributed by atoms with Crippen molar-refractivity contribution in [2.45, 2.75) is 32.7 Å². The van der Waals surface area contributed by atoms with Crippen LogP contribution in [0.25, 0.3) is 11.0 Å². The lowest BCUT2D eigenvalue weighted by Gasteiger charge is -2.18. The van der Waals surface area contributed by atoms with Crippen molar-refractivity contribution in [1.82, 2.24) is 5.32 Å². The van der Waals surface area contributed by atoms with Gasteiger partial charge in [0, 0.05) is 17.3 Å². The van der Waals surface area contributed by atoms with Crippen LogP contribution >= 0.6 is 0 Å². The minimum absolute atomic E-state index is 0.225. The fourth-order valence-corrected chi connectivity index (χ4v) is 2.00. The van der Waals surface area contributed by atoms with Crippen LogP contribution in [0.4, 0.5) is 4.39 Å².